The Balaban J connectivity index is 1.49. The zero-order chi connectivity index (χ0) is 21.1. The SMILES string of the molecule is Cc1noc2nc(-c3ccco3)cc(C(=O)OCCCS(=O)(=O)c3ccccc3)c12. The van der Waals surface area contributed by atoms with Crippen molar-refractivity contribution >= 4 is 26.9 Å². The van der Waals surface area contributed by atoms with E-state index in [0.29, 0.717) is 22.5 Å². The van der Waals surface area contributed by atoms with Crippen LogP contribution in [-0.2, 0) is 14.6 Å². The number of fused-ring (bicyclic) bond motifs is 1. The predicted molar refractivity (Wildman–Crippen MR) is 108 cm³/mol. The predicted octanol–water partition coefficient (Wildman–Crippen LogP) is 3.81. The third-order valence-electron chi connectivity index (χ3n) is 4.50. The molecular weight excluding hydrogens is 408 g/mol. The molecular formula is C21H18N2O6S. The molecule has 0 spiro atoms. The van der Waals surface area contributed by atoms with Gasteiger partial charge in [-0.3, -0.25) is 0 Å². The number of ether oxygens (including phenoxy) is 1. The summed E-state index contributed by atoms with van der Waals surface area (Å²) in [6.07, 6.45) is 1.67. The van der Waals surface area contributed by atoms with Gasteiger partial charge >= 0.3 is 5.97 Å². The third kappa shape index (κ3) is 3.97. The molecule has 0 radical (unpaired) electrons. The van der Waals surface area contributed by atoms with Crippen molar-refractivity contribution in [3.05, 3.63) is 66.1 Å². The minimum absolute atomic E-state index is 0.0465. The van der Waals surface area contributed by atoms with E-state index in [9.17, 15) is 13.2 Å². The number of carbonyl (C=O) groups excluding carboxylic acids is 1. The molecule has 0 saturated carbocycles. The molecule has 0 bridgehead atoms. The van der Waals surface area contributed by atoms with Crippen molar-refractivity contribution in [3.63, 3.8) is 0 Å². The van der Waals surface area contributed by atoms with Gasteiger partial charge in [0.25, 0.3) is 5.71 Å². The Kier molecular flexibility index (Phi) is 5.37. The maximum atomic E-state index is 12.7. The van der Waals surface area contributed by atoms with Crippen LogP contribution in [0, 0.1) is 6.92 Å². The molecule has 0 aliphatic carbocycles. The van der Waals surface area contributed by atoms with Gasteiger partial charge in [0, 0.05) is 0 Å². The summed E-state index contributed by atoms with van der Waals surface area (Å²) in [5.74, 6) is -0.271. The number of nitrogens with zero attached hydrogens (tertiary/aromatic N) is 2. The van der Waals surface area contributed by atoms with Crippen LogP contribution in [0.4, 0.5) is 0 Å². The first-order chi connectivity index (χ1) is 14.5. The number of hydrogen-bond acceptors (Lipinski definition) is 8. The summed E-state index contributed by atoms with van der Waals surface area (Å²) in [6.45, 7) is 1.65. The fourth-order valence-electron chi connectivity index (χ4n) is 3.04. The van der Waals surface area contributed by atoms with Crippen LogP contribution in [0.15, 0.2) is 68.6 Å². The van der Waals surface area contributed by atoms with E-state index in [-0.39, 0.29) is 35.0 Å². The van der Waals surface area contributed by atoms with Crippen LogP contribution in [-0.4, -0.2) is 36.9 Å². The van der Waals surface area contributed by atoms with Crippen LogP contribution in [0.25, 0.3) is 22.6 Å². The van der Waals surface area contributed by atoms with E-state index < -0.39 is 15.8 Å². The zero-order valence-electron chi connectivity index (χ0n) is 16.1. The highest BCUT2D eigenvalue weighted by Gasteiger charge is 2.21. The largest absolute Gasteiger partial charge is 0.463 e. The van der Waals surface area contributed by atoms with Crippen molar-refractivity contribution < 1.29 is 26.9 Å². The maximum absolute atomic E-state index is 12.7. The molecule has 0 unspecified atom stereocenters. The van der Waals surface area contributed by atoms with E-state index >= 15 is 0 Å². The number of carbonyl (C=O) groups is 1. The minimum Gasteiger partial charge on any atom is -0.463 e. The second kappa shape index (κ2) is 8.11. The Morgan fingerprint density at radius 3 is 2.67 bits per heavy atom. The lowest BCUT2D eigenvalue weighted by Crippen LogP contribution is -2.12. The van der Waals surface area contributed by atoms with Crippen LogP contribution in [0.1, 0.15) is 22.5 Å². The summed E-state index contributed by atoms with van der Waals surface area (Å²) in [5.41, 5.74) is 1.33. The molecule has 9 heteroatoms. The van der Waals surface area contributed by atoms with E-state index in [1.807, 2.05) is 0 Å². The summed E-state index contributed by atoms with van der Waals surface area (Å²) in [6, 6.07) is 13.1. The molecule has 0 aliphatic rings. The number of benzene rings is 1. The van der Waals surface area contributed by atoms with Crippen molar-refractivity contribution in [2.45, 2.75) is 18.2 Å². The lowest BCUT2D eigenvalue weighted by atomic mass is 10.1. The smallest absolute Gasteiger partial charge is 0.339 e. The standard InChI is InChI=1S/C21H18N2O6S/c1-14-19-16(13-17(18-9-5-10-27-18)22-20(19)29-23-14)21(24)28-11-6-12-30(25,26)15-7-3-2-4-8-15/h2-5,7-10,13H,6,11-12H2,1H3. The fraction of sp³-hybridized carbons (Fsp3) is 0.190. The summed E-state index contributed by atoms with van der Waals surface area (Å²) in [7, 11) is -3.43. The monoisotopic (exact) mass is 426 g/mol. The second-order valence-electron chi connectivity index (χ2n) is 6.60. The maximum Gasteiger partial charge on any atom is 0.339 e. The van der Waals surface area contributed by atoms with Gasteiger partial charge in [-0.2, -0.15) is 0 Å². The van der Waals surface area contributed by atoms with Gasteiger partial charge < -0.3 is 13.7 Å². The number of hydrogen-bond donors (Lipinski definition) is 0. The van der Waals surface area contributed by atoms with Crippen LogP contribution in [0.5, 0.6) is 0 Å². The van der Waals surface area contributed by atoms with Gasteiger partial charge in [-0.15, -0.1) is 0 Å². The number of aromatic nitrogens is 2. The van der Waals surface area contributed by atoms with E-state index in [4.69, 9.17) is 13.7 Å². The number of sulfone groups is 1. The van der Waals surface area contributed by atoms with Gasteiger partial charge in [-0.1, -0.05) is 23.4 Å². The summed E-state index contributed by atoms with van der Waals surface area (Å²) in [4.78, 5) is 17.3. The highest BCUT2D eigenvalue weighted by molar-refractivity contribution is 7.91. The average Bonchev–Trinajstić information content (AvgIpc) is 3.41. The average molecular weight is 426 g/mol. The number of pyridine rings is 1. The molecule has 0 fully saturated rings. The summed E-state index contributed by atoms with van der Waals surface area (Å²) in [5, 5.41) is 4.32. The second-order valence-corrected chi connectivity index (χ2v) is 8.71. The third-order valence-corrected chi connectivity index (χ3v) is 6.32. The molecule has 4 rings (SSSR count). The Bertz CT molecular complexity index is 1280. The first-order valence-electron chi connectivity index (χ1n) is 9.21. The highest BCUT2D eigenvalue weighted by Crippen LogP contribution is 2.27. The van der Waals surface area contributed by atoms with Crippen LogP contribution >= 0.6 is 0 Å². The molecule has 0 atom stereocenters. The van der Waals surface area contributed by atoms with Gasteiger partial charge in [0.15, 0.2) is 15.6 Å². The van der Waals surface area contributed by atoms with Crippen molar-refractivity contribution in [2.75, 3.05) is 12.4 Å². The molecule has 0 amide bonds. The van der Waals surface area contributed by atoms with Gasteiger partial charge in [-0.25, -0.2) is 18.2 Å². The quantitative estimate of drug-likeness (QED) is 0.324. The Morgan fingerprint density at radius 1 is 1.13 bits per heavy atom. The van der Waals surface area contributed by atoms with Crippen molar-refractivity contribution in [2.24, 2.45) is 0 Å². The molecule has 3 aromatic heterocycles. The first-order valence-corrected chi connectivity index (χ1v) is 10.9. The minimum atomic E-state index is -3.43. The van der Waals surface area contributed by atoms with Gasteiger partial charge in [-0.05, 0) is 43.7 Å². The highest BCUT2D eigenvalue weighted by atomic mass is 32.2. The molecule has 154 valence electrons. The van der Waals surface area contributed by atoms with Gasteiger partial charge in [0.1, 0.15) is 5.69 Å². The molecule has 3 heterocycles. The zero-order valence-corrected chi connectivity index (χ0v) is 16.9. The molecule has 1 aromatic carbocycles. The topological polar surface area (TPSA) is 112 Å². The Hall–Kier alpha value is -3.46. The molecule has 4 aromatic rings. The van der Waals surface area contributed by atoms with Crippen LogP contribution in [0.3, 0.4) is 0 Å². The van der Waals surface area contributed by atoms with Crippen molar-refractivity contribution in [1.82, 2.24) is 10.1 Å². The Labute approximate surface area is 172 Å². The van der Waals surface area contributed by atoms with E-state index in [0.717, 1.165) is 0 Å². The van der Waals surface area contributed by atoms with Crippen molar-refractivity contribution in [1.29, 1.82) is 0 Å². The first kappa shape index (κ1) is 19.8. The van der Waals surface area contributed by atoms with E-state index in [1.165, 1.54) is 6.26 Å². The van der Waals surface area contributed by atoms with Gasteiger partial charge in [0.2, 0.25) is 0 Å². The van der Waals surface area contributed by atoms with E-state index in [2.05, 4.69) is 10.1 Å². The number of rotatable bonds is 7. The lowest BCUT2D eigenvalue weighted by Gasteiger charge is -2.08. The fourth-order valence-corrected chi connectivity index (χ4v) is 4.35. The molecule has 30 heavy (non-hydrogen) atoms. The Morgan fingerprint density at radius 2 is 1.93 bits per heavy atom. The summed E-state index contributed by atoms with van der Waals surface area (Å²) < 4.78 is 40.5. The van der Waals surface area contributed by atoms with E-state index in [1.54, 1.807) is 55.5 Å². The van der Waals surface area contributed by atoms with Crippen molar-refractivity contribution in [3.8, 4) is 11.5 Å². The number of furan rings is 1. The van der Waals surface area contributed by atoms with Crippen LogP contribution in [0.2, 0.25) is 0 Å². The molecule has 0 aliphatic heterocycles. The molecule has 0 saturated heterocycles. The lowest BCUT2D eigenvalue weighted by molar-refractivity contribution is 0.0508. The molecule has 8 nitrogen and oxygen atoms in total. The normalized spacial score (nSPS) is 11.6. The van der Waals surface area contributed by atoms with Crippen LogP contribution < -0.4 is 0 Å². The molecule has 0 N–H and O–H groups in total. The number of esters is 1. The van der Waals surface area contributed by atoms with Gasteiger partial charge in [0.05, 0.1) is 40.2 Å². The number of aryl methyl sites for hydroxylation is 1. The summed E-state index contributed by atoms with van der Waals surface area (Å²) >= 11 is 0.